The van der Waals surface area contributed by atoms with Gasteiger partial charge in [0.1, 0.15) is 6.04 Å². The summed E-state index contributed by atoms with van der Waals surface area (Å²) in [6.07, 6.45) is 0.822. The van der Waals surface area contributed by atoms with Crippen LogP contribution in [0.15, 0.2) is 30.3 Å². The van der Waals surface area contributed by atoms with Crippen molar-refractivity contribution in [3.8, 4) is 0 Å². The fourth-order valence-corrected chi connectivity index (χ4v) is 2.11. The summed E-state index contributed by atoms with van der Waals surface area (Å²) < 4.78 is 0. The topological polar surface area (TPSA) is 139 Å². The number of hydrogen-bond donors (Lipinski definition) is 5. The molecular weight excluding hydrogens is 322 g/mol. The largest absolute Gasteiger partial charge is 0.352 e. The quantitative estimate of drug-likeness (QED) is 0.415. The highest BCUT2D eigenvalue weighted by Gasteiger charge is 2.25. The molecule has 0 aliphatic rings. The molecule has 1 aromatic carbocycles. The smallest absolute Gasteiger partial charge is 0.312 e. The first-order chi connectivity index (χ1) is 11.8. The molecule has 0 aliphatic carbocycles. The lowest BCUT2D eigenvalue weighted by Crippen LogP contribution is -2.51. The number of benzene rings is 1. The van der Waals surface area contributed by atoms with Crippen LogP contribution >= 0.6 is 0 Å². The van der Waals surface area contributed by atoms with Crippen molar-refractivity contribution in [3.05, 3.63) is 30.3 Å². The zero-order valence-electron chi connectivity index (χ0n) is 14.6. The molecule has 1 rings (SSSR count). The molecule has 0 spiro atoms. The highest BCUT2D eigenvalue weighted by molar-refractivity contribution is 5.97. The van der Waals surface area contributed by atoms with E-state index in [-0.39, 0.29) is 17.7 Å². The predicted molar refractivity (Wildman–Crippen MR) is 96.6 cm³/mol. The van der Waals surface area contributed by atoms with Crippen LogP contribution < -0.4 is 27.4 Å². The third kappa shape index (κ3) is 7.67. The molecule has 0 saturated heterocycles. The van der Waals surface area contributed by atoms with Gasteiger partial charge in [0.15, 0.2) is 0 Å². The number of rotatable bonds is 9. The molecular formula is C17H27N5O3. The average Bonchev–Trinajstić information content (AvgIpc) is 2.57. The fraction of sp³-hybridized carbons (Fsp3) is 0.471. The second-order valence-electron chi connectivity index (χ2n) is 6.12. The first kappa shape index (κ1) is 20.4. The number of carbonyl (C=O) groups is 3. The third-order valence-corrected chi connectivity index (χ3v) is 3.66. The zero-order valence-corrected chi connectivity index (χ0v) is 14.6. The molecule has 2 atom stereocenters. The number of para-hydroxylation sites is 1. The van der Waals surface area contributed by atoms with E-state index >= 15 is 0 Å². The molecule has 0 radical (unpaired) electrons. The van der Waals surface area contributed by atoms with Gasteiger partial charge >= 0.3 is 6.03 Å². The highest BCUT2D eigenvalue weighted by Crippen LogP contribution is 2.08. The Bertz CT molecular complexity index is 577. The standard InChI is InChI=1S/C17H27N5O3/c1-11(2)14(18)16(24)22-13(9-6-10-20-17(19)25)15(23)21-12-7-4-3-5-8-12/h3-5,7-8,11,13-14H,6,9-10,18H2,1-2H3,(H,21,23)(H,22,24)(H3,19,20,25). The molecule has 0 aromatic heterocycles. The minimum absolute atomic E-state index is 0.0469. The number of nitrogens with one attached hydrogen (secondary N) is 3. The Morgan fingerprint density at radius 3 is 2.28 bits per heavy atom. The van der Waals surface area contributed by atoms with Crippen molar-refractivity contribution in [1.82, 2.24) is 10.6 Å². The molecule has 0 fully saturated rings. The molecule has 0 heterocycles. The highest BCUT2D eigenvalue weighted by atomic mass is 16.2. The average molecular weight is 349 g/mol. The summed E-state index contributed by atoms with van der Waals surface area (Å²) in [6.45, 7) is 3.98. The summed E-state index contributed by atoms with van der Waals surface area (Å²) in [6, 6.07) is 6.87. The minimum Gasteiger partial charge on any atom is -0.352 e. The number of primary amides is 1. The third-order valence-electron chi connectivity index (χ3n) is 3.66. The lowest BCUT2D eigenvalue weighted by molar-refractivity contribution is -0.128. The molecule has 138 valence electrons. The summed E-state index contributed by atoms with van der Waals surface area (Å²) in [7, 11) is 0. The van der Waals surface area contributed by atoms with Crippen LogP contribution in [0.3, 0.4) is 0 Å². The van der Waals surface area contributed by atoms with Crippen molar-refractivity contribution >= 4 is 23.5 Å². The van der Waals surface area contributed by atoms with E-state index in [1.807, 2.05) is 19.9 Å². The van der Waals surface area contributed by atoms with Crippen molar-refractivity contribution in [3.63, 3.8) is 0 Å². The molecule has 1 aromatic rings. The second kappa shape index (κ2) is 10.3. The summed E-state index contributed by atoms with van der Waals surface area (Å²) in [5, 5.41) is 7.90. The first-order valence-electron chi connectivity index (χ1n) is 8.26. The van der Waals surface area contributed by atoms with Crippen LogP contribution in [0.5, 0.6) is 0 Å². The van der Waals surface area contributed by atoms with Crippen molar-refractivity contribution in [2.75, 3.05) is 11.9 Å². The van der Waals surface area contributed by atoms with Gasteiger partial charge in [-0.2, -0.15) is 0 Å². The molecule has 8 nitrogen and oxygen atoms in total. The molecule has 0 saturated carbocycles. The number of anilines is 1. The van der Waals surface area contributed by atoms with Crippen molar-refractivity contribution in [2.24, 2.45) is 17.4 Å². The van der Waals surface area contributed by atoms with Crippen molar-refractivity contribution < 1.29 is 14.4 Å². The van der Waals surface area contributed by atoms with Crippen LogP contribution in [0.25, 0.3) is 0 Å². The van der Waals surface area contributed by atoms with Crippen LogP contribution in [0.1, 0.15) is 26.7 Å². The number of urea groups is 1. The van der Waals surface area contributed by atoms with E-state index in [4.69, 9.17) is 11.5 Å². The molecule has 2 unspecified atom stereocenters. The van der Waals surface area contributed by atoms with Gasteiger partial charge in [0.05, 0.1) is 6.04 Å². The van der Waals surface area contributed by atoms with E-state index in [1.54, 1.807) is 24.3 Å². The van der Waals surface area contributed by atoms with Crippen molar-refractivity contribution in [1.29, 1.82) is 0 Å². The summed E-state index contributed by atoms with van der Waals surface area (Å²) in [5.74, 6) is -0.769. The van der Waals surface area contributed by atoms with Gasteiger partial charge < -0.3 is 27.4 Å². The Morgan fingerprint density at radius 2 is 1.72 bits per heavy atom. The number of hydrogen-bond acceptors (Lipinski definition) is 4. The van der Waals surface area contributed by atoms with Gasteiger partial charge in [-0.1, -0.05) is 32.0 Å². The second-order valence-corrected chi connectivity index (χ2v) is 6.12. The molecule has 0 bridgehead atoms. The molecule has 0 aliphatic heterocycles. The zero-order chi connectivity index (χ0) is 18.8. The Kier molecular flexibility index (Phi) is 8.42. The van der Waals surface area contributed by atoms with Crippen LogP contribution in [-0.4, -0.2) is 36.5 Å². The maximum atomic E-state index is 12.5. The summed E-state index contributed by atoms with van der Waals surface area (Å²) in [5.41, 5.74) is 11.5. The van der Waals surface area contributed by atoms with E-state index in [2.05, 4.69) is 16.0 Å². The maximum absolute atomic E-state index is 12.5. The Balaban J connectivity index is 2.70. The predicted octanol–water partition coefficient (Wildman–Crippen LogP) is 0.542. The normalized spacial score (nSPS) is 13.0. The van der Waals surface area contributed by atoms with Gasteiger partial charge in [-0.25, -0.2) is 4.79 Å². The fourth-order valence-electron chi connectivity index (χ4n) is 2.11. The van der Waals surface area contributed by atoms with Gasteiger partial charge in [0, 0.05) is 12.2 Å². The van der Waals surface area contributed by atoms with E-state index in [9.17, 15) is 14.4 Å². The number of nitrogens with two attached hydrogens (primary N) is 2. The van der Waals surface area contributed by atoms with Crippen LogP contribution in [-0.2, 0) is 9.59 Å². The lowest BCUT2D eigenvalue weighted by Gasteiger charge is -2.22. The SMILES string of the molecule is CC(C)C(N)C(=O)NC(CCCNC(N)=O)C(=O)Nc1ccccc1. The molecule has 8 heteroatoms. The molecule has 7 N–H and O–H groups in total. The summed E-state index contributed by atoms with van der Waals surface area (Å²) in [4.78, 5) is 35.4. The Morgan fingerprint density at radius 1 is 1.08 bits per heavy atom. The van der Waals surface area contributed by atoms with Gasteiger partial charge in [0.2, 0.25) is 11.8 Å². The minimum atomic E-state index is -0.757. The van der Waals surface area contributed by atoms with E-state index in [0.717, 1.165) is 0 Å². The molecule has 25 heavy (non-hydrogen) atoms. The van der Waals surface area contributed by atoms with Gasteiger partial charge in [-0.3, -0.25) is 9.59 Å². The summed E-state index contributed by atoms with van der Waals surface area (Å²) >= 11 is 0. The number of amides is 4. The monoisotopic (exact) mass is 349 g/mol. The Labute approximate surface area is 147 Å². The van der Waals surface area contributed by atoms with Gasteiger partial charge in [0.25, 0.3) is 0 Å². The van der Waals surface area contributed by atoms with Gasteiger partial charge in [-0.15, -0.1) is 0 Å². The van der Waals surface area contributed by atoms with Crippen LogP contribution in [0.4, 0.5) is 10.5 Å². The van der Waals surface area contributed by atoms with Gasteiger partial charge in [-0.05, 0) is 30.9 Å². The van der Waals surface area contributed by atoms with E-state index < -0.39 is 18.1 Å². The maximum Gasteiger partial charge on any atom is 0.312 e. The van der Waals surface area contributed by atoms with E-state index in [0.29, 0.717) is 25.1 Å². The first-order valence-corrected chi connectivity index (χ1v) is 8.26. The Hall–Kier alpha value is -2.61. The number of carbonyl (C=O) groups excluding carboxylic acids is 3. The lowest BCUT2D eigenvalue weighted by atomic mass is 10.0. The van der Waals surface area contributed by atoms with Crippen LogP contribution in [0, 0.1) is 5.92 Å². The van der Waals surface area contributed by atoms with Crippen molar-refractivity contribution in [2.45, 2.75) is 38.8 Å². The van der Waals surface area contributed by atoms with E-state index in [1.165, 1.54) is 0 Å². The molecule has 4 amide bonds. The van der Waals surface area contributed by atoms with Crippen LogP contribution in [0.2, 0.25) is 0 Å².